The maximum Gasteiger partial charge on any atom is 0.119 e. The molecule has 0 spiro atoms. The van der Waals surface area contributed by atoms with E-state index in [1.54, 1.807) is 0 Å². The Hall–Kier alpha value is -0.340. The van der Waals surface area contributed by atoms with Crippen LogP contribution in [0, 0.1) is 22.7 Å². The summed E-state index contributed by atoms with van der Waals surface area (Å²) in [6, 6.07) is 0. The lowest BCUT2D eigenvalue weighted by molar-refractivity contribution is -0.143. The van der Waals surface area contributed by atoms with Gasteiger partial charge in [0, 0.05) is 5.41 Å². The van der Waals surface area contributed by atoms with Gasteiger partial charge in [-0.15, -0.1) is 0 Å². The average Bonchev–Trinajstić information content (AvgIpc) is 2.34. The molecule has 1 aliphatic carbocycles. The van der Waals surface area contributed by atoms with E-state index >= 15 is 0 Å². The molecule has 2 unspecified atom stereocenters. The number of ether oxygens (including phenoxy) is 1. The third-order valence-corrected chi connectivity index (χ3v) is 5.88. The van der Waals surface area contributed by atoms with E-state index in [1.165, 1.54) is 32.1 Å². The van der Waals surface area contributed by atoms with E-state index < -0.39 is 5.72 Å². The van der Waals surface area contributed by atoms with Gasteiger partial charge in [0.1, 0.15) is 5.72 Å². The fourth-order valence-electron chi connectivity index (χ4n) is 3.81. The zero-order valence-electron chi connectivity index (χ0n) is 16.7. The number of hydrogen-bond donors (Lipinski definition) is 1. The first-order valence-electron chi connectivity index (χ1n) is 9.56. The molecule has 0 bridgehead atoms. The van der Waals surface area contributed by atoms with Gasteiger partial charge in [-0.2, -0.15) is 0 Å². The summed E-state index contributed by atoms with van der Waals surface area (Å²) >= 11 is 0. The van der Waals surface area contributed by atoms with Crippen LogP contribution in [0.25, 0.3) is 0 Å². The second-order valence-corrected chi connectivity index (χ2v) is 9.54. The highest BCUT2D eigenvalue weighted by Gasteiger charge is 2.41. The van der Waals surface area contributed by atoms with Crippen LogP contribution in [0.2, 0.25) is 0 Å². The molecular formula is C21H41NO. The molecular weight excluding hydrogens is 282 g/mol. The first-order chi connectivity index (χ1) is 10.5. The molecule has 1 rings (SSSR count). The van der Waals surface area contributed by atoms with Crippen molar-refractivity contribution in [2.24, 2.45) is 28.4 Å². The Bertz CT molecular complexity index is 379. The van der Waals surface area contributed by atoms with Crippen LogP contribution in [0.5, 0.6) is 0 Å². The molecule has 2 nitrogen and oxygen atoms in total. The van der Waals surface area contributed by atoms with Crippen LogP contribution in [0.1, 0.15) is 87.0 Å². The SMILES string of the molecule is CC(C)CC(C)(C)C(C)(N)OCC(C)(C)C1CC/C=C\CCC1. The fraction of sp³-hybridized carbons (Fsp3) is 0.905. The molecule has 0 aromatic heterocycles. The fourth-order valence-corrected chi connectivity index (χ4v) is 3.81. The van der Waals surface area contributed by atoms with Crippen molar-refractivity contribution in [2.75, 3.05) is 6.61 Å². The predicted molar refractivity (Wildman–Crippen MR) is 101 cm³/mol. The molecule has 2 atom stereocenters. The second-order valence-electron chi connectivity index (χ2n) is 9.54. The number of nitrogens with two attached hydrogens (primary N) is 1. The third-order valence-electron chi connectivity index (χ3n) is 5.88. The first-order valence-corrected chi connectivity index (χ1v) is 9.56. The maximum absolute atomic E-state index is 6.60. The monoisotopic (exact) mass is 323 g/mol. The van der Waals surface area contributed by atoms with Gasteiger partial charge in [0.15, 0.2) is 0 Å². The van der Waals surface area contributed by atoms with Gasteiger partial charge in [-0.1, -0.05) is 53.7 Å². The highest BCUT2D eigenvalue weighted by molar-refractivity contribution is 4.91. The van der Waals surface area contributed by atoms with Crippen molar-refractivity contribution in [3.05, 3.63) is 12.2 Å². The van der Waals surface area contributed by atoms with Gasteiger partial charge in [-0.3, -0.25) is 0 Å². The standard InChI is InChI=1S/C21H41NO/c1-17(2)15-20(5,6)21(7,22)23-16-19(3,4)18-13-11-9-8-10-12-14-18/h8-9,17-18H,10-16,22H2,1-7H3/b9-8-. The molecule has 1 aliphatic rings. The van der Waals surface area contributed by atoms with Crippen molar-refractivity contribution < 1.29 is 4.74 Å². The Labute approximate surface area is 145 Å². The summed E-state index contributed by atoms with van der Waals surface area (Å²) in [5.74, 6) is 1.35. The topological polar surface area (TPSA) is 35.2 Å². The van der Waals surface area contributed by atoms with Gasteiger partial charge in [0.2, 0.25) is 0 Å². The molecule has 0 aromatic carbocycles. The van der Waals surface area contributed by atoms with Gasteiger partial charge in [0.25, 0.3) is 0 Å². The summed E-state index contributed by atoms with van der Waals surface area (Å²) in [4.78, 5) is 0. The van der Waals surface area contributed by atoms with E-state index in [2.05, 4.69) is 60.6 Å². The number of rotatable bonds is 7. The van der Waals surface area contributed by atoms with Gasteiger partial charge in [-0.05, 0) is 62.7 Å². The molecule has 2 N–H and O–H groups in total. The lowest BCUT2D eigenvalue weighted by Gasteiger charge is -2.45. The third kappa shape index (κ3) is 6.23. The minimum Gasteiger partial charge on any atom is -0.360 e. The van der Waals surface area contributed by atoms with Crippen LogP contribution in [0.4, 0.5) is 0 Å². The number of hydrogen-bond acceptors (Lipinski definition) is 2. The molecule has 2 heteroatoms. The Balaban J connectivity index is 2.67. The molecule has 0 saturated carbocycles. The largest absolute Gasteiger partial charge is 0.360 e. The van der Waals surface area contributed by atoms with Crippen molar-refractivity contribution >= 4 is 0 Å². The van der Waals surface area contributed by atoms with Crippen molar-refractivity contribution in [3.63, 3.8) is 0 Å². The summed E-state index contributed by atoms with van der Waals surface area (Å²) in [5, 5.41) is 0. The average molecular weight is 324 g/mol. The Kier molecular flexibility index (Phi) is 7.35. The summed E-state index contributed by atoms with van der Waals surface area (Å²) in [6.07, 6.45) is 12.1. The first kappa shape index (κ1) is 20.7. The van der Waals surface area contributed by atoms with Gasteiger partial charge in [-0.25, -0.2) is 0 Å². The van der Waals surface area contributed by atoms with E-state index in [0.29, 0.717) is 5.92 Å². The molecule has 0 fully saturated rings. The molecule has 23 heavy (non-hydrogen) atoms. The van der Waals surface area contributed by atoms with E-state index in [-0.39, 0.29) is 10.8 Å². The predicted octanol–water partition coefficient (Wildman–Crippen LogP) is 5.91. The number of allylic oxidation sites excluding steroid dienone is 2. The molecule has 0 aromatic rings. The smallest absolute Gasteiger partial charge is 0.119 e. The van der Waals surface area contributed by atoms with Crippen molar-refractivity contribution in [1.82, 2.24) is 0 Å². The molecule has 0 amide bonds. The summed E-state index contributed by atoms with van der Waals surface area (Å²) < 4.78 is 6.35. The second kappa shape index (κ2) is 8.16. The van der Waals surface area contributed by atoms with Crippen LogP contribution < -0.4 is 5.73 Å². The van der Waals surface area contributed by atoms with E-state index in [4.69, 9.17) is 10.5 Å². The Morgan fingerprint density at radius 3 is 2.26 bits per heavy atom. The van der Waals surface area contributed by atoms with E-state index in [1.807, 2.05) is 0 Å². The van der Waals surface area contributed by atoms with Crippen molar-refractivity contribution in [1.29, 1.82) is 0 Å². The van der Waals surface area contributed by atoms with E-state index in [9.17, 15) is 0 Å². The lowest BCUT2D eigenvalue weighted by Crippen LogP contribution is -2.54. The highest BCUT2D eigenvalue weighted by atomic mass is 16.5. The molecule has 0 heterocycles. The summed E-state index contributed by atoms with van der Waals surface area (Å²) in [5.41, 5.74) is 6.17. The Morgan fingerprint density at radius 2 is 1.65 bits per heavy atom. The lowest BCUT2D eigenvalue weighted by atomic mass is 9.73. The van der Waals surface area contributed by atoms with Crippen molar-refractivity contribution in [2.45, 2.75) is 92.7 Å². The van der Waals surface area contributed by atoms with E-state index in [0.717, 1.165) is 18.9 Å². The summed E-state index contributed by atoms with van der Waals surface area (Å²) in [6.45, 7) is 16.5. The normalized spacial score (nSPS) is 24.8. The zero-order valence-corrected chi connectivity index (χ0v) is 16.7. The van der Waals surface area contributed by atoms with Crippen LogP contribution in [0.15, 0.2) is 12.2 Å². The maximum atomic E-state index is 6.60. The molecule has 136 valence electrons. The Morgan fingerprint density at radius 1 is 1.04 bits per heavy atom. The minimum atomic E-state index is -0.587. The van der Waals surface area contributed by atoms with Crippen LogP contribution in [-0.2, 0) is 4.74 Å². The quantitative estimate of drug-likeness (QED) is 0.466. The minimum absolute atomic E-state index is 0.0269. The van der Waals surface area contributed by atoms with Crippen LogP contribution >= 0.6 is 0 Å². The molecule has 0 aliphatic heterocycles. The molecule has 0 saturated heterocycles. The van der Waals surface area contributed by atoms with Gasteiger partial charge >= 0.3 is 0 Å². The zero-order chi connectivity index (χ0) is 17.7. The summed E-state index contributed by atoms with van der Waals surface area (Å²) in [7, 11) is 0. The van der Waals surface area contributed by atoms with Crippen LogP contribution in [0.3, 0.4) is 0 Å². The molecule has 0 radical (unpaired) electrons. The highest BCUT2D eigenvalue weighted by Crippen LogP contribution is 2.40. The van der Waals surface area contributed by atoms with Crippen molar-refractivity contribution in [3.8, 4) is 0 Å². The van der Waals surface area contributed by atoms with Crippen LogP contribution in [-0.4, -0.2) is 12.3 Å². The van der Waals surface area contributed by atoms with Gasteiger partial charge in [0.05, 0.1) is 6.61 Å². The van der Waals surface area contributed by atoms with Gasteiger partial charge < -0.3 is 10.5 Å².